The van der Waals surface area contributed by atoms with Crippen molar-refractivity contribution in [2.24, 2.45) is 5.92 Å². The van der Waals surface area contributed by atoms with Gasteiger partial charge in [0.25, 0.3) is 0 Å². The van der Waals surface area contributed by atoms with E-state index in [0.29, 0.717) is 23.3 Å². The summed E-state index contributed by atoms with van der Waals surface area (Å²) in [6.07, 6.45) is 6.27. The smallest absolute Gasteiger partial charge is 0.221 e. The van der Waals surface area contributed by atoms with E-state index in [2.05, 4.69) is 15.4 Å². The number of fused-ring (bicyclic) bond motifs is 1. The SMILES string of the molecule is Fc1ccccc1-c1nc2n(n1)C(C1CCCC1)CCN2. The van der Waals surface area contributed by atoms with Gasteiger partial charge in [0.2, 0.25) is 5.95 Å². The summed E-state index contributed by atoms with van der Waals surface area (Å²) in [5.41, 5.74) is 0.478. The van der Waals surface area contributed by atoms with Crippen molar-refractivity contribution in [3.05, 3.63) is 30.1 Å². The lowest BCUT2D eigenvalue weighted by molar-refractivity contribution is 0.290. The Morgan fingerprint density at radius 1 is 1.14 bits per heavy atom. The van der Waals surface area contributed by atoms with Gasteiger partial charge in [-0.1, -0.05) is 25.0 Å². The van der Waals surface area contributed by atoms with Crippen molar-refractivity contribution in [2.45, 2.75) is 38.1 Å². The van der Waals surface area contributed by atoms with Gasteiger partial charge in [-0.2, -0.15) is 4.98 Å². The molecule has 0 spiro atoms. The number of anilines is 1. The maximum absolute atomic E-state index is 13.9. The van der Waals surface area contributed by atoms with Crippen molar-refractivity contribution in [2.75, 3.05) is 11.9 Å². The van der Waals surface area contributed by atoms with Crippen LogP contribution in [0.3, 0.4) is 0 Å². The first-order chi connectivity index (χ1) is 10.3. The average molecular weight is 286 g/mol. The zero-order valence-electron chi connectivity index (χ0n) is 11.9. The molecule has 1 atom stereocenters. The van der Waals surface area contributed by atoms with Gasteiger partial charge in [0, 0.05) is 6.54 Å². The van der Waals surface area contributed by atoms with Crippen LogP contribution in [0.5, 0.6) is 0 Å². The average Bonchev–Trinajstić information content (AvgIpc) is 3.16. The number of hydrogen-bond acceptors (Lipinski definition) is 3. The number of nitrogens with zero attached hydrogens (tertiary/aromatic N) is 3. The van der Waals surface area contributed by atoms with Crippen LogP contribution in [0.2, 0.25) is 0 Å². The number of benzene rings is 1. The first-order valence-electron chi connectivity index (χ1n) is 7.78. The van der Waals surface area contributed by atoms with E-state index in [1.165, 1.54) is 31.7 Å². The van der Waals surface area contributed by atoms with Gasteiger partial charge >= 0.3 is 0 Å². The molecule has 1 unspecified atom stereocenters. The van der Waals surface area contributed by atoms with Crippen LogP contribution in [-0.2, 0) is 0 Å². The standard InChI is InChI=1S/C16H19FN4/c17-13-8-4-3-7-12(13)15-19-16-18-10-9-14(21(16)20-15)11-5-1-2-6-11/h3-4,7-8,11,14H,1-2,5-6,9-10H2,(H,18,19,20). The Morgan fingerprint density at radius 3 is 2.76 bits per heavy atom. The molecule has 1 fully saturated rings. The fraction of sp³-hybridized carbons (Fsp3) is 0.500. The Morgan fingerprint density at radius 2 is 1.95 bits per heavy atom. The van der Waals surface area contributed by atoms with Crippen molar-refractivity contribution >= 4 is 5.95 Å². The summed E-state index contributed by atoms with van der Waals surface area (Å²) in [6.45, 7) is 0.927. The van der Waals surface area contributed by atoms with E-state index in [1.54, 1.807) is 12.1 Å². The number of hydrogen-bond donors (Lipinski definition) is 1. The van der Waals surface area contributed by atoms with Gasteiger partial charge in [-0.25, -0.2) is 9.07 Å². The quantitative estimate of drug-likeness (QED) is 0.916. The molecule has 0 bridgehead atoms. The molecule has 0 saturated heterocycles. The van der Waals surface area contributed by atoms with Gasteiger partial charge in [-0.15, -0.1) is 5.10 Å². The van der Waals surface area contributed by atoms with Crippen LogP contribution in [0.25, 0.3) is 11.4 Å². The zero-order valence-corrected chi connectivity index (χ0v) is 11.9. The van der Waals surface area contributed by atoms with Gasteiger partial charge in [-0.3, -0.25) is 0 Å². The van der Waals surface area contributed by atoms with Crippen LogP contribution in [0.15, 0.2) is 24.3 Å². The summed E-state index contributed by atoms with van der Waals surface area (Å²) in [5, 5.41) is 7.90. The molecule has 4 rings (SSSR count). The van der Waals surface area contributed by atoms with Crippen molar-refractivity contribution in [3.63, 3.8) is 0 Å². The van der Waals surface area contributed by atoms with E-state index in [0.717, 1.165) is 18.9 Å². The third-order valence-corrected chi connectivity index (χ3v) is 4.73. The third kappa shape index (κ3) is 2.20. The second-order valence-electron chi connectivity index (χ2n) is 6.01. The third-order valence-electron chi connectivity index (χ3n) is 4.73. The molecule has 2 heterocycles. The Kier molecular flexibility index (Phi) is 3.13. The van der Waals surface area contributed by atoms with E-state index in [4.69, 9.17) is 0 Å². The molecule has 4 nitrogen and oxygen atoms in total. The molecule has 21 heavy (non-hydrogen) atoms. The second kappa shape index (κ2) is 5.13. The predicted octanol–water partition coefficient (Wildman–Crippen LogP) is 3.63. The van der Waals surface area contributed by atoms with E-state index in [1.807, 2.05) is 10.7 Å². The first-order valence-corrected chi connectivity index (χ1v) is 7.78. The lowest BCUT2D eigenvalue weighted by Gasteiger charge is -2.28. The zero-order chi connectivity index (χ0) is 14.2. The molecular formula is C16H19FN4. The maximum atomic E-state index is 13.9. The van der Waals surface area contributed by atoms with Crippen LogP contribution >= 0.6 is 0 Å². The van der Waals surface area contributed by atoms with Gasteiger partial charge in [0.05, 0.1) is 11.6 Å². The fourth-order valence-electron chi connectivity index (χ4n) is 3.66. The highest BCUT2D eigenvalue weighted by Crippen LogP contribution is 2.39. The fourth-order valence-corrected chi connectivity index (χ4v) is 3.66. The number of aromatic nitrogens is 3. The Hall–Kier alpha value is -1.91. The summed E-state index contributed by atoms with van der Waals surface area (Å²) in [6, 6.07) is 7.12. The summed E-state index contributed by atoms with van der Waals surface area (Å²) in [7, 11) is 0. The lowest BCUT2D eigenvalue weighted by atomic mass is 9.95. The molecule has 110 valence electrons. The van der Waals surface area contributed by atoms with Crippen LogP contribution in [0, 0.1) is 11.7 Å². The van der Waals surface area contributed by atoms with Gasteiger partial charge in [0.1, 0.15) is 5.82 Å². The van der Waals surface area contributed by atoms with Crippen LogP contribution in [0.4, 0.5) is 10.3 Å². The normalized spacial score (nSPS) is 22.0. The highest BCUT2D eigenvalue weighted by atomic mass is 19.1. The van der Waals surface area contributed by atoms with Crippen LogP contribution in [-0.4, -0.2) is 21.3 Å². The molecule has 1 N–H and O–H groups in total. The van der Waals surface area contributed by atoms with Crippen LogP contribution in [0.1, 0.15) is 38.1 Å². The van der Waals surface area contributed by atoms with Gasteiger partial charge in [-0.05, 0) is 37.3 Å². The number of nitrogens with one attached hydrogen (secondary N) is 1. The highest BCUT2D eigenvalue weighted by molar-refractivity contribution is 5.57. The number of rotatable bonds is 2. The Labute approximate surface area is 123 Å². The van der Waals surface area contributed by atoms with Crippen LogP contribution < -0.4 is 5.32 Å². The topological polar surface area (TPSA) is 42.7 Å². The molecule has 1 aromatic carbocycles. The van der Waals surface area contributed by atoms with Crippen molar-refractivity contribution in [1.82, 2.24) is 14.8 Å². The Bertz CT molecular complexity index is 645. The van der Waals surface area contributed by atoms with Crippen molar-refractivity contribution in [1.29, 1.82) is 0 Å². The maximum Gasteiger partial charge on any atom is 0.221 e. The minimum absolute atomic E-state index is 0.266. The van der Waals surface area contributed by atoms with E-state index >= 15 is 0 Å². The van der Waals surface area contributed by atoms with E-state index in [-0.39, 0.29) is 5.82 Å². The second-order valence-corrected chi connectivity index (χ2v) is 6.01. The molecule has 1 saturated carbocycles. The lowest BCUT2D eigenvalue weighted by Crippen LogP contribution is -2.28. The molecule has 0 radical (unpaired) electrons. The van der Waals surface area contributed by atoms with E-state index < -0.39 is 0 Å². The molecule has 2 aliphatic rings. The number of halogens is 1. The summed E-state index contributed by atoms with van der Waals surface area (Å²) in [4.78, 5) is 4.50. The highest BCUT2D eigenvalue weighted by Gasteiger charge is 2.32. The molecule has 1 aliphatic heterocycles. The molecule has 1 aromatic heterocycles. The first kappa shape index (κ1) is 12.8. The molecule has 0 amide bonds. The predicted molar refractivity (Wildman–Crippen MR) is 79.5 cm³/mol. The molecule has 5 heteroatoms. The minimum Gasteiger partial charge on any atom is -0.354 e. The van der Waals surface area contributed by atoms with Gasteiger partial charge < -0.3 is 5.32 Å². The van der Waals surface area contributed by atoms with E-state index in [9.17, 15) is 4.39 Å². The summed E-state index contributed by atoms with van der Waals surface area (Å²) < 4.78 is 15.9. The molecular weight excluding hydrogens is 267 g/mol. The minimum atomic E-state index is -0.266. The summed E-state index contributed by atoms with van der Waals surface area (Å²) in [5.74, 6) is 1.70. The summed E-state index contributed by atoms with van der Waals surface area (Å²) >= 11 is 0. The largest absolute Gasteiger partial charge is 0.354 e. The molecule has 2 aromatic rings. The van der Waals surface area contributed by atoms with Crippen molar-refractivity contribution in [3.8, 4) is 11.4 Å². The van der Waals surface area contributed by atoms with Gasteiger partial charge in [0.15, 0.2) is 5.82 Å². The van der Waals surface area contributed by atoms with Crippen molar-refractivity contribution < 1.29 is 4.39 Å². The molecule has 1 aliphatic carbocycles. The monoisotopic (exact) mass is 286 g/mol. The Balaban J connectivity index is 1.72.